The van der Waals surface area contributed by atoms with Crippen molar-refractivity contribution in [1.82, 2.24) is 9.97 Å². The van der Waals surface area contributed by atoms with Crippen molar-refractivity contribution in [2.24, 2.45) is 0 Å². The Balaban J connectivity index is 2.33. The van der Waals surface area contributed by atoms with Gasteiger partial charge in [0.2, 0.25) is 11.8 Å². The SMILES string of the molecule is C/C=C/c1ccccc1Oc1cc(Cl)nc(N)n1. The molecule has 5 heteroatoms. The standard InChI is InChI=1S/C13H12ClN3O/c1-2-5-9-6-3-4-7-10(9)18-12-8-11(14)16-13(15)17-12/h2-8H,1H3,(H2,15,16,17)/b5-2+. The normalized spacial score (nSPS) is 10.8. The van der Waals surface area contributed by atoms with E-state index < -0.39 is 0 Å². The highest BCUT2D eigenvalue weighted by molar-refractivity contribution is 6.29. The summed E-state index contributed by atoms with van der Waals surface area (Å²) >= 11 is 5.79. The van der Waals surface area contributed by atoms with Gasteiger partial charge in [0.25, 0.3) is 0 Å². The van der Waals surface area contributed by atoms with Crippen molar-refractivity contribution in [3.8, 4) is 11.6 Å². The van der Waals surface area contributed by atoms with Crippen molar-refractivity contribution in [2.75, 3.05) is 5.73 Å². The number of halogens is 1. The van der Waals surface area contributed by atoms with Gasteiger partial charge < -0.3 is 10.5 Å². The number of benzene rings is 1. The Kier molecular flexibility index (Phi) is 3.79. The first-order valence-electron chi connectivity index (χ1n) is 5.38. The Morgan fingerprint density at radius 2 is 2.06 bits per heavy atom. The molecule has 2 rings (SSSR count). The van der Waals surface area contributed by atoms with Crippen LogP contribution in [0.1, 0.15) is 12.5 Å². The lowest BCUT2D eigenvalue weighted by atomic mass is 10.2. The van der Waals surface area contributed by atoms with E-state index in [9.17, 15) is 0 Å². The van der Waals surface area contributed by atoms with Gasteiger partial charge in [-0.3, -0.25) is 0 Å². The molecule has 1 aromatic heterocycles. The molecular formula is C13H12ClN3O. The Labute approximate surface area is 110 Å². The average Bonchev–Trinajstić information content (AvgIpc) is 2.30. The van der Waals surface area contributed by atoms with Crippen LogP contribution in [0.15, 0.2) is 36.4 Å². The topological polar surface area (TPSA) is 61.0 Å². The van der Waals surface area contributed by atoms with Crippen LogP contribution >= 0.6 is 11.6 Å². The summed E-state index contributed by atoms with van der Waals surface area (Å²) in [6.45, 7) is 1.94. The second-order valence-corrected chi connectivity index (χ2v) is 3.91. The first kappa shape index (κ1) is 12.4. The maximum absolute atomic E-state index is 5.79. The number of allylic oxidation sites excluding steroid dienone is 1. The molecule has 0 bridgehead atoms. The maximum Gasteiger partial charge on any atom is 0.225 e. The van der Waals surface area contributed by atoms with Gasteiger partial charge in [0.15, 0.2) is 0 Å². The van der Waals surface area contributed by atoms with E-state index in [0.717, 1.165) is 5.56 Å². The predicted molar refractivity (Wildman–Crippen MR) is 72.7 cm³/mol. The van der Waals surface area contributed by atoms with Crippen LogP contribution in [0, 0.1) is 0 Å². The molecule has 0 aliphatic carbocycles. The van der Waals surface area contributed by atoms with E-state index in [2.05, 4.69) is 9.97 Å². The van der Waals surface area contributed by atoms with Crippen LogP contribution in [0.4, 0.5) is 5.95 Å². The van der Waals surface area contributed by atoms with Crippen molar-refractivity contribution < 1.29 is 4.74 Å². The van der Waals surface area contributed by atoms with Gasteiger partial charge in [-0.15, -0.1) is 0 Å². The fraction of sp³-hybridized carbons (Fsp3) is 0.0769. The Morgan fingerprint density at radius 3 is 2.78 bits per heavy atom. The zero-order valence-corrected chi connectivity index (χ0v) is 10.6. The maximum atomic E-state index is 5.79. The molecule has 0 saturated heterocycles. The number of ether oxygens (including phenoxy) is 1. The molecule has 4 nitrogen and oxygen atoms in total. The molecule has 0 unspecified atom stereocenters. The molecule has 0 fully saturated rings. The summed E-state index contributed by atoms with van der Waals surface area (Å²) in [6, 6.07) is 9.13. The molecule has 0 atom stereocenters. The molecule has 0 radical (unpaired) electrons. The minimum absolute atomic E-state index is 0.0843. The third-order valence-electron chi connectivity index (χ3n) is 2.17. The van der Waals surface area contributed by atoms with Crippen LogP contribution in [0.3, 0.4) is 0 Å². The number of nitrogens with two attached hydrogens (primary N) is 1. The third-order valence-corrected chi connectivity index (χ3v) is 2.36. The summed E-state index contributed by atoms with van der Waals surface area (Å²) in [5.41, 5.74) is 6.46. The number of nitrogens with zero attached hydrogens (tertiary/aromatic N) is 2. The van der Waals surface area contributed by atoms with Crippen LogP contribution < -0.4 is 10.5 Å². The van der Waals surface area contributed by atoms with Gasteiger partial charge in [-0.25, -0.2) is 4.98 Å². The lowest BCUT2D eigenvalue weighted by Crippen LogP contribution is -1.97. The number of anilines is 1. The Bertz CT molecular complexity index is 564. The third kappa shape index (κ3) is 2.99. The molecular weight excluding hydrogens is 250 g/mol. The number of hydrogen-bond donors (Lipinski definition) is 1. The van der Waals surface area contributed by atoms with E-state index in [1.807, 2.05) is 43.3 Å². The average molecular weight is 262 g/mol. The van der Waals surface area contributed by atoms with E-state index in [1.165, 1.54) is 6.07 Å². The second kappa shape index (κ2) is 5.51. The number of rotatable bonds is 3. The van der Waals surface area contributed by atoms with Gasteiger partial charge in [0.1, 0.15) is 10.9 Å². The van der Waals surface area contributed by atoms with E-state index in [-0.39, 0.29) is 11.1 Å². The molecule has 0 saturated carbocycles. The molecule has 92 valence electrons. The van der Waals surface area contributed by atoms with Crippen molar-refractivity contribution in [3.63, 3.8) is 0 Å². The molecule has 2 N–H and O–H groups in total. The minimum Gasteiger partial charge on any atom is -0.438 e. The van der Waals surface area contributed by atoms with Gasteiger partial charge in [-0.1, -0.05) is 42.0 Å². The van der Waals surface area contributed by atoms with E-state index in [4.69, 9.17) is 22.1 Å². The number of nitrogen functional groups attached to an aromatic ring is 1. The Hall–Kier alpha value is -2.07. The van der Waals surface area contributed by atoms with Crippen molar-refractivity contribution >= 4 is 23.6 Å². The van der Waals surface area contributed by atoms with Crippen LogP contribution in [0.25, 0.3) is 6.08 Å². The van der Waals surface area contributed by atoms with Crippen molar-refractivity contribution in [3.05, 3.63) is 47.1 Å². The first-order chi connectivity index (χ1) is 8.69. The molecule has 1 heterocycles. The monoisotopic (exact) mass is 261 g/mol. The zero-order valence-electron chi connectivity index (χ0n) is 9.80. The fourth-order valence-electron chi connectivity index (χ4n) is 1.47. The predicted octanol–water partition coefficient (Wildman–Crippen LogP) is 3.54. The van der Waals surface area contributed by atoms with Crippen LogP contribution in [-0.2, 0) is 0 Å². The van der Waals surface area contributed by atoms with Crippen LogP contribution in [0.2, 0.25) is 5.15 Å². The summed E-state index contributed by atoms with van der Waals surface area (Å²) in [5.74, 6) is 1.09. The number of para-hydroxylation sites is 1. The lowest BCUT2D eigenvalue weighted by molar-refractivity contribution is 0.461. The van der Waals surface area contributed by atoms with Gasteiger partial charge in [0.05, 0.1) is 0 Å². The number of hydrogen-bond acceptors (Lipinski definition) is 4. The highest BCUT2D eigenvalue weighted by atomic mass is 35.5. The summed E-state index contributed by atoms with van der Waals surface area (Å²) in [4.78, 5) is 7.74. The second-order valence-electron chi connectivity index (χ2n) is 3.53. The molecule has 0 aliphatic rings. The van der Waals surface area contributed by atoms with E-state index in [1.54, 1.807) is 0 Å². The molecule has 2 aromatic rings. The fourth-order valence-corrected chi connectivity index (χ4v) is 1.65. The first-order valence-corrected chi connectivity index (χ1v) is 5.76. The highest BCUT2D eigenvalue weighted by Crippen LogP contribution is 2.26. The van der Waals surface area contributed by atoms with Crippen LogP contribution in [0.5, 0.6) is 11.6 Å². The van der Waals surface area contributed by atoms with E-state index in [0.29, 0.717) is 11.6 Å². The largest absolute Gasteiger partial charge is 0.438 e. The quantitative estimate of drug-likeness (QED) is 0.859. The summed E-state index contributed by atoms with van der Waals surface area (Å²) in [7, 11) is 0. The van der Waals surface area contributed by atoms with Gasteiger partial charge in [0, 0.05) is 11.6 Å². The van der Waals surface area contributed by atoms with Crippen molar-refractivity contribution in [1.29, 1.82) is 0 Å². The highest BCUT2D eigenvalue weighted by Gasteiger charge is 2.05. The molecule has 0 spiro atoms. The van der Waals surface area contributed by atoms with Gasteiger partial charge in [-0.2, -0.15) is 4.98 Å². The lowest BCUT2D eigenvalue weighted by Gasteiger charge is -2.08. The van der Waals surface area contributed by atoms with Crippen LogP contribution in [-0.4, -0.2) is 9.97 Å². The minimum atomic E-state index is 0.0843. The molecule has 18 heavy (non-hydrogen) atoms. The summed E-state index contributed by atoms with van der Waals surface area (Å²) in [6.07, 6.45) is 3.88. The van der Waals surface area contributed by atoms with Gasteiger partial charge in [-0.05, 0) is 13.0 Å². The molecule has 1 aromatic carbocycles. The molecule has 0 aliphatic heterocycles. The summed E-state index contributed by atoms with van der Waals surface area (Å²) < 4.78 is 5.66. The van der Waals surface area contributed by atoms with E-state index >= 15 is 0 Å². The zero-order chi connectivity index (χ0) is 13.0. The number of aromatic nitrogens is 2. The summed E-state index contributed by atoms with van der Waals surface area (Å²) in [5, 5.41) is 0.251. The smallest absolute Gasteiger partial charge is 0.225 e. The molecule has 0 amide bonds. The Morgan fingerprint density at radius 1 is 1.28 bits per heavy atom. The van der Waals surface area contributed by atoms with Crippen molar-refractivity contribution in [2.45, 2.75) is 6.92 Å². The van der Waals surface area contributed by atoms with Gasteiger partial charge >= 0.3 is 0 Å².